The largest absolute Gasteiger partial charge is 0.328 e. The van der Waals surface area contributed by atoms with Crippen LogP contribution in [0, 0.1) is 0 Å². The highest BCUT2D eigenvalue weighted by Gasteiger charge is 2.43. The maximum Gasteiger partial charge on any atom is 0.254 e. The van der Waals surface area contributed by atoms with E-state index in [0.29, 0.717) is 0 Å². The van der Waals surface area contributed by atoms with E-state index in [0.717, 1.165) is 48.9 Å². The summed E-state index contributed by atoms with van der Waals surface area (Å²) in [6.45, 7) is 2.17. The minimum absolute atomic E-state index is 0.146. The number of carbonyl (C=O) groups excluding carboxylic acids is 1. The lowest BCUT2D eigenvalue weighted by Crippen LogP contribution is -2.42. The summed E-state index contributed by atoms with van der Waals surface area (Å²) in [4.78, 5) is 23.7. The van der Waals surface area contributed by atoms with Crippen LogP contribution < -0.4 is 0 Å². The van der Waals surface area contributed by atoms with Gasteiger partial charge in [-0.25, -0.2) is 9.97 Å². The molecule has 4 heteroatoms. The molecule has 2 aliphatic rings. The van der Waals surface area contributed by atoms with Crippen LogP contribution in [0.15, 0.2) is 36.8 Å². The molecular formula is C19H21N3O. The predicted octanol–water partition coefficient (Wildman–Crippen LogP) is 3.33. The third-order valence-electron chi connectivity index (χ3n) is 5.09. The summed E-state index contributed by atoms with van der Waals surface area (Å²) >= 11 is 0. The molecule has 1 aromatic carbocycles. The zero-order valence-electron chi connectivity index (χ0n) is 13.4. The molecule has 2 aromatic rings. The lowest BCUT2D eigenvalue weighted by molar-refractivity contribution is 0.0644. The van der Waals surface area contributed by atoms with Crippen LogP contribution in [0.5, 0.6) is 0 Å². The molecule has 0 saturated carbocycles. The summed E-state index contributed by atoms with van der Waals surface area (Å²) in [5, 5.41) is 0. The van der Waals surface area contributed by atoms with E-state index in [1.54, 1.807) is 6.33 Å². The van der Waals surface area contributed by atoms with Gasteiger partial charge in [0.2, 0.25) is 0 Å². The van der Waals surface area contributed by atoms with Crippen LogP contribution in [0.2, 0.25) is 0 Å². The minimum Gasteiger partial charge on any atom is -0.328 e. The molecule has 0 aliphatic carbocycles. The Balaban J connectivity index is 1.62. The SMILES string of the molecule is CCCc1ccc(C(=O)N2C3CCC2c2cncnc2C3)cc1. The molecule has 0 N–H and O–H groups in total. The van der Waals surface area contributed by atoms with Gasteiger partial charge in [-0.2, -0.15) is 0 Å². The van der Waals surface area contributed by atoms with Crippen molar-refractivity contribution in [2.45, 2.75) is 51.1 Å². The number of hydrogen-bond donors (Lipinski definition) is 0. The first-order chi connectivity index (χ1) is 11.3. The molecule has 3 heterocycles. The quantitative estimate of drug-likeness (QED) is 0.874. The van der Waals surface area contributed by atoms with Gasteiger partial charge in [-0.15, -0.1) is 0 Å². The zero-order valence-corrected chi connectivity index (χ0v) is 13.4. The topological polar surface area (TPSA) is 46.1 Å². The Morgan fingerprint density at radius 1 is 1.26 bits per heavy atom. The molecular weight excluding hydrogens is 286 g/mol. The first-order valence-electron chi connectivity index (χ1n) is 8.48. The molecule has 0 spiro atoms. The Bertz CT molecular complexity index is 726. The van der Waals surface area contributed by atoms with Gasteiger partial charge in [-0.05, 0) is 37.0 Å². The van der Waals surface area contributed by atoms with Gasteiger partial charge in [0, 0.05) is 29.8 Å². The Labute approximate surface area is 136 Å². The second kappa shape index (κ2) is 5.76. The van der Waals surface area contributed by atoms with Crippen LogP contribution in [0.1, 0.15) is 59.4 Å². The lowest BCUT2D eigenvalue weighted by Gasteiger charge is -2.35. The second-order valence-electron chi connectivity index (χ2n) is 6.54. The summed E-state index contributed by atoms with van der Waals surface area (Å²) in [5.74, 6) is 0.148. The van der Waals surface area contributed by atoms with Crippen molar-refractivity contribution in [1.82, 2.24) is 14.9 Å². The summed E-state index contributed by atoms with van der Waals surface area (Å²) in [6, 6.07) is 8.55. The first kappa shape index (κ1) is 14.4. The summed E-state index contributed by atoms with van der Waals surface area (Å²) in [5.41, 5.74) is 4.35. The fraction of sp³-hybridized carbons (Fsp3) is 0.421. The molecule has 4 nitrogen and oxygen atoms in total. The number of fused-ring (bicyclic) bond motifs is 4. The van der Waals surface area contributed by atoms with Crippen LogP contribution in [-0.4, -0.2) is 26.8 Å². The smallest absolute Gasteiger partial charge is 0.254 e. The first-order valence-corrected chi connectivity index (χ1v) is 8.48. The highest BCUT2D eigenvalue weighted by atomic mass is 16.2. The van der Waals surface area contributed by atoms with Crippen LogP contribution in [0.25, 0.3) is 0 Å². The molecule has 2 bridgehead atoms. The van der Waals surface area contributed by atoms with Crippen molar-refractivity contribution in [1.29, 1.82) is 0 Å². The number of hydrogen-bond acceptors (Lipinski definition) is 3. The molecule has 2 atom stereocenters. The van der Waals surface area contributed by atoms with Crippen molar-refractivity contribution in [3.8, 4) is 0 Å². The van der Waals surface area contributed by atoms with E-state index in [1.165, 1.54) is 5.56 Å². The van der Waals surface area contributed by atoms with Gasteiger partial charge in [0.05, 0.1) is 11.7 Å². The Hall–Kier alpha value is -2.23. The highest BCUT2D eigenvalue weighted by molar-refractivity contribution is 5.95. The Kier molecular flexibility index (Phi) is 3.60. The highest BCUT2D eigenvalue weighted by Crippen LogP contribution is 2.43. The lowest BCUT2D eigenvalue weighted by atomic mass is 9.98. The van der Waals surface area contributed by atoms with Crippen LogP contribution in [0.4, 0.5) is 0 Å². The standard InChI is InChI=1S/C19H21N3O/c1-2-3-13-4-6-14(7-5-13)19(23)22-15-8-9-18(22)16-11-20-12-21-17(16)10-15/h4-7,11-12,15,18H,2-3,8-10H2,1H3. The van der Waals surface area contributed by atoms with Crippen LogP contribution >= 0.6 is 0 Å². The molecule has 23 heavy (non-hydrogen) atoms. The summed E-state index contributed by atoms with van der Waals surface area (Å²) in [7, 11) is 0. The van der Waals surface area contributed by atoms with E-state index in [9.17, 15) is 4.79 Å². The molecule has 2 aliphatic heterocycles. The zero-order chi connectivity index (χ0) is 15.8. The van der Waals surface area contributed by atoms with Crippen molar-refractivity contribution in [3.63, 3.8) is 0 Å². The average Bonchev–Trinajstić information content (AvgIpc) is 2.90. The molecule has 1 saturated heterocycles. The third-order valence-corrected chi connectivity index (χ3v) is 5.09. The fourth-order valence-corrected chi connectivity index (χ4v) is 3.99. The molecule has 1 amide bonds. The maximum atomic E-state index is 13.0. The Morgan fingerprint density at radius 2 is 2.09 bits per heavy atom. The van der Waals surface area contributed by atoms with E-state index in [2.05, 4.69) is 33.9 Å². The average molecular weight is 307 g/mol. The monoisotopic (exact) mass is 307 g/mol. The number of benzene rings is 1. The van der Waals surface area contributed by atoms with Crippen molar-refractivity contribution in [2.24, 2.45) is 0 Å². The van der Waals surface area contributed by atoms with E-state index >= 15 is 0 Å². The minimum atomic E-state index is 0.146. The molecule has 118 valence electrons. The van der Waals surface area contributed by atoms with Crippen molar-refractivity contribution in [2.75, 3.05) is 0 Å². The van der Waals surface area contributed by atoms with Crippen LogP contribution in [-0.2, 0) is 12.8 Å². The van der Waals surface area contributed by atoms with Gasteiger partial charge in [0.15, 0.2) is 0 Å². The second-order valence-corrected chi connectivity index (χ2v) is 6.54. The molecule has 0 radical (unpaired) electrons. The normalized spacial score (nSPS) is 22.0. The number of carbonyl (C=O) groups is 1. The van der Waals surface area contributed by atoms with E-state index < -0.39 is 0 Å². The van der Waals surface area contributed by atoms with Crippen molar-refractivity contribution < 1.29 is 4.79 Å². The van der Waals surface area contributed by atoms with Gasteiger partial charge >= 0.3 is 0 Å². The number of nitrogens with zero attached hydrogens (tertiary/aromatic N) is 3. The number of amides is 1. The van der Waals surface area contributed by atoms with Gasteiger partial charge < -0.3 is 4.90 Å². The van der Waals surface area contributed by atoms with Crippen molar-refractivity contribution in [3.05, 3.63) is 59.2 Å². The van der Waals surface area contributed by atoms with Gasteiger partial charge in [0.1, 0.15) is 6.33 Å². The molecule has 4 rings (SSSR count). The van der Waals surface area contributed by atoms with E-state index in [4.69, 9.17) is 0 Å². The third kappa shape index (κ3) is 2.42. The fourth-order valence-electron chi connectivity index (χ4n) is 3.99. The molecule has 1 aromatic heterocycles. The van der Waals surface area contributed by atoms with Gasteiger partial charge in [-0.3, -0.25) is 4.79 Å². The Morgan fingerprint density at radius 3 is 2.87 bits per heavy atom. The molecule has 2 unspecified atom stereocenters. The number of aromatic nitrogens is 2. The summed E-state index contributed by atoms with van der Waals surface area (Å²) in [6.07, 6.45) is 8.62. The van der Waals surface area contributed by atoms with E-state index in [1.807, 2.05) is 18.3 Å². The maximum absolute atomic E-state index is 13.0. The number of rotatable bonds is 3. The van der Waals surface area contributed by atoms with Crippen molar-refractivity contribution >= 4 is 5.91 Å². The summed E-state index contributed by atoms with van der Waals surface area (Å²) < 4.78 is 0. The van der Waals surface area contributed by atoms with E-state index in [-0.39, 0.29) is 18.0 Å². The van der Waals surface area contributed by atoms with Gasteiger partial charge in [0.25, 0.3) is 5.91 Å². The predicted molar refractivity (Wildman–Crippen MR) is 88.1 cm³/mol. The van der Waals surface area contributed by atoms with Crippen LogP contribution in [0.3, 0.4) is 0 Å². The number of aryl methyl sites for hydroxylation is 1. The molecule has 1 fully saturated rings. The van der Waals surface area contributed by atoms with Gasteiger partial charge in [-0.1, -0.05) is 25.5 Å².